The first-order valence-electron chi connectivity index (χ1n) is 6.22. The molecule has 1 atom stereocenters. The summed E-state index contributed by atoms with van der Waals surface area (Å²) in [6.07, 6.45) is 0.503. The first kappa shape index (κ1) is 15.8. The zero-order valence-corrected chi connectivity index (χ0v) is 12.3. The fourth-order valence-corrected chi connectivity index (χ4v) is 2.01. The summed E-state index contributed by atoms with van der Waals surface area (Å²) in [5, 5.41) is 12.5. The van der Waals surface area contributed by atoms with Crippen LogP contribution in [0.1, 0.15) is 37.6 Å². The van der Waals surface area contributed by atoms with E-state index >= 15 is 0 Å². The molecule has 106 valence electrons. The van der Waals surface area contributed by atoms with Crippen molar-refractivity contribution in [2.24, 2.45) is 5.41 Å². The third-order valence-corrected chi connectivity index (χ3v) is 3.26. The van der Waals surface area contributed by atoms with Gasteiger partial charge in [0.25, 0.3) is 5.91 Å². The molecule has 0 saturated carbocycles. The molecule has 0 aliphatic carbocycles. The van der Waals surface area contributed by atoms with E-state index in [0.29, 0.717) is 22.7 Å². The van der Waals surface area contributed by atoms with Crippen LogP contribution in [0.3, 0.4) is 0 Å². The summed E-state index contributed by atoms with van der Waals surface area (Å²) >= 11 is 5.80. The fourth-order valence-electron chi connectivity index (χ4n) is 1.83. The van der Waals surface area contributed by atoms with Crippen LogP contribution in [0.25, 0.3) is 0 Å². The fraction of sp³-hybridized carbons (Fsp3) is 0.500. The van der Waals surface area contributed by atoms with E-state index in [-0.39, 0.29) is 24.0 Å². The molecule has 5 heteroatoms. The third-order valence-electron chi connectivity index (χ3n) is 3.03. The van der Waals surface area contributed by atoms with Crippen molar-refractivity contribution in [3.05, 3.63) is 28.8 Å². The number of aliphatic hydroxyl groups is 1. The zero-order chi connectivity index (χ0) is 14.6. The molecule has 1 amide bonds. The molecule has 0 radical (unpaired) electrons. The molecular formula is C14H21ClN2O2. The number of hydrogen-bond acceptors (Lipinski definition) is 3. The lowest BCUT2D eigenvalue weighted by Crippen LogP contribution is -2.44. The highest BCUT2D eigenvalue weighted by Crippen LogP contribution is 2.23. The number of halogens is 1. The van der Waals surface area contributed by atoms with Crippen LogP contribution < -0.4 is 11.1 Å². The molecule has 4 nitrogen and oxygen atoms in total. The molecule has 0 aromatic heterocycles. The zero-order valence-electron chi connectivity index (χ0n) is 11.5. The molecule has 1 rings (SSSR count). The molecule has 1 aromatic carbocycles. The van der Waals surface area contributed by atoms with E-state index in [0.717, 1.165) is 0 Å². The topological polar surface area (TPSA) is 75.3 Å². The second-order valence-electron chi connectivity index (χ2n) is 5.64. The second kappa shape index (κ2) is 6.26. The van der Waals surface area contributed by atoms with Crippen molar-refractivity contribution in [3.63, 3.8) is 0 Å². The van der Waals surface area contributed by atoms with Crippen molar-refractivity contribution in [1.29, 1.82) is 0 Å². The Bertz CT molecular complexity index is 455. The van der Waals surface area contributed by atoms with Crippen molar-refractivity contribution in [1.82, 2.24) is 5.32 Å². The minimum atomic E-state index is -0.248. The highest BCUT2D eigenvalue weighted by molar-refractivity contribution is 6.31. The molecule has 0 spiro atoms. The Kier molecular flexibility index (Phi) is 5.20. The van der Waals surface area contributed by atoms with Gasteiger partial charge >= 0.3 is 0 Å². The molecule has 1 aromatic rings. The Labute approximate surface area is 118 Å². The molecule has 1 unspecified atom stereocenters. The molecule has 4 N–H and O–H groups in total. The van der Waals surface area contributed by atoms with Crippen molar-refractivity contribution < 1.29 is 9.90 Å². The molecular weight excluding hydrogens is 264 g/mol. The molecule has 19 heavy (non-hydrogen) atoms. The van der Waals surface area contributed by atoms with Gasteiger partial charge in [-0.05, 0) is 30.0 Å². The molecule has 0 aliphatic heterocycles. The van der Waals surface area contributed by atoms with Gasteiger partial charge in [-0.15, -0.1) is 0 Å². The standard InChI is InChI=1S/C14H21ClN2O2/c1-14(2,3)12(6-7-18)17-13(19)10-5-4-9(15)8-11(10)16/h4-5,8,12,18H,6-7,16H2,1-3H3,(H,17,19). The van der Waals surface area contributed by atoms with Crippen molar-refractivity contribution in [2.75, 3.05) is 12.3 Å². The van der Waals surface area contributed by atoms with Crippen molar-refractivity contribution in [3.8, 4) is 0 Å². The number of carbonyl (C=O) groups is 1. The predicted molar refractivity (Wildman–Crippen MR) is 78.3 cm³/mol. The lowest BCUT2D eigenvalue weighted by atomic mass is 9.84. The van der Waals surface area contributed by atoms with Crippen LogP contribution >= 0.6 is 11.6 Å². The Hall–Kier alpha value is -1.26. The third kappa shape index (κ3) is 4.40. The number of anilines is 1. The number of nitrogens with two attached hydrogens (primary N) is 1. The summed E-state index contributed by atoms with van der Waals surface area (Å²) < 4.78 is 0. The van der Waals surface area contributed by atoms with Gasteiger partial charge in [-0.3, -0.25) is 4.79 Å². The second-order valence-corrected chi connectivity index (χ2v) is 6.07. The summed E-state index contributed by atoms with van der Waals surface area (Å²) in [5.41, 5.74) is 6.40. The van der Waals surface area contributed by atoms with E-state index in [1.54, 1.807) is 18.2 Å². The summed E-state index contributed by atoms with van der Waals surface area (Å²) in [5.74, 6) is -0.248. The van der Waals surface area contributed by atoms with Crippen LogP contribution in [0.15, 0.2) is 18.2 Å². The maximum atomic E-state index is 12.2. The van der Waals surface area contributed by atoms with Gasteiger partial charge in [-0.1, -0.05) is 32.4 Å². The van der Waals surface area contributed by atoms with Crippen LogP contribution in [0, 0.1) is 5.41 Å². The predicted octanol–water partition coefficient (Wildman–Crippen LogP) is 2.45. The van der Waals surface area contributed by atoms with E-state index in [1.165, 1.54) is 0 Å². The first-order valence-corrected chi connectivity index (χ1v) is 6.60. The summed E-state index contributed by atoms with van der Waals surface area (Å²) in [4.78, 5) is 12.2. The van der Waals surface area contributed by atoms with E-state index in [9.17, 15) is 4.79 Å². The van der Waals surface area contributed by atoms with Gasteiger partial charge in [0, 0.05) is 23.4 Å². The highest BCUT2D eigenvalue weighted by atomic mass is 35.5. The average Bonchev–Trinajstić information content (AvgIpc) is 2.26. The number of benzene rings is 1. The van der Waals surface area contributed by atoms with E-state index < -0.39 is 0 Å². The number of rotatable bonds is 4. The van der Waals surface area contributed by atoms with E-state index in [2.05, 4.69) is 5.32 Å². The number of aliphatic hydroxyl groups excluding tert-OH is 1. The maximum Gasteiger partial charge on any atom is 0.253 e. The largest absolute Gasteiger partial charge is 0.398 e. The molecule has 0 aliphatic rings. The van der Waals surface area contributed by atoms with Crippen LogP contribution in [0.4, 0.5) is 5.69 Å². The number of nitrogen functional groups attached to an aromatic ring is 1. The van der Waals surface area contributed by atoms with Gasteiger partial charge in [0.05, 0.1) is 5.56 Å². The maximum absolute atomic E-state index is 12.2. The van der Waals surface area contributed by atoms with Gasteiger partial charge in [-0.2, -0.15) is 0 Å². The average molecular weight is 285 g/mol. The smallest absolute Gasteiger partial charge is 0.253 e. The van der Waals surface area contributed by atoms with Crippen LogP contribution in [0.2, 0.25) is 5.02 Å². The number of amides is 1. The van der Waals surface area contributed by atoms with Crippen LogP contribution in [0.5, 0.6) is 0 Å². The lowest BCUT2D eigenvalue weighted by Gasteiger charge is -2.31. The van der Waals surface area contributed by atoms with Crippen LogP contribution in [-0.4, -0.2) is 23.7 Å². The number of hydrogen-bond donors (Lipinski definition) is 3. The monoisotopic (exact) mass is 284 g/mol. The Balaban J connectivity index is 2.88. The Morgan fingerprint density at radius 2 is 2.11 bits per heavy atom. The number of carbonyl (C=O) groups excluding carboxylic acids is 1. The SMILES string of the molecule is CC(C)(C)C(CCO)NC(=O)c1ccc(Cl)cc1N. The molecule has 0 fully saturated rings. The number of nitrogens with one attached hydrogen (secondary N) is 1. The lowest BCUT2D eigenvalue weighted by molar-refractivity contribution is 0.0886. The summed E-state index contributed by atoms with van der Waals surface area (Å²) in [6.45, 7) is 6.06. The minimum Gasteiger partial charge on any atom is -0.398 e. The normalized spacial score (nSPS) is 13.1. The highest BCUT2D eigenvalue weighted by Gasteiger charge is 2.26. The summed E-state index contributed by atoms with van der Waals surface area (Å²) in [7, 11) is 0. The molecule has 0 bridgehead atoms. The van der Waals surface area contributed by atoms with Gasteiger partial charge < -0.3 is 16.2 Å². The van der Waals surface area contributed by atoms with Gasteiger partial charge in [0.2, 0.25) is 0 Å². The minimum absolute atomic E-state index is 0.0261. The Morgan fingerprint density at radius 1 is 1.47 bits per heavy atom. The van der Waals surface area contributed by atoms with Crippen molar-refractivity contribution >= 4 is 23.2 Å². The van der Waals surface area contributed by atoms with Gasteiger partial charge in [0.15, 0.2) is 0 Å². The first-order chi connectivity index (χ1) is 8.75. The molecule has 0 saturated heterocycles. The Morgan fingerprint density at radius 3 is 2.58 bits per heavy atom. The van der Waals surface area contributed by atoms with Gasteiger partial charge in [0.1, 0.15) is 0 Å². The summed E-state index contributed by atoms with van der Waals surface area (Å²) in [6, 6.07) is 4.66. The quantitative estimate of drug-likeness (QED) is 0.744. The van der Waals surface area contributed by atoms with E-state index in [4.69, 9.17) is 22.4 Å². The van der Waals surface area contributed by atoms with Crippen LogP contribution in [-0.2, 0) is 0 Å². The molecule has 0 heterocycles. The van der Waals surface area contributed by atoms with Gasteiger partial charge in [-0.25, -0.2) is 0 Å². The van der Waals surface area contributed by atoms with Crippen molar-refractivity contribution in [2.45, 2.75) is 33.2 Å². The van der Waals surface area contributed by atoms with E-state index in [1.807, 2.05) is 20.8 Å².